The molecule has 0 spiro atoms. The quantitative estimate of drug-likeness (QED) is 0.545. The summed E-state index contributed by atoms with van der Waals surface area (Å²) >= 11 is 0. The Morgan fingerprint density at radius 3 is 2.32 bits per heavy atom. The fraction of sp³-hybridized carbons (Fsp3) is 0.818. The zero-order valence-electron chi connectivity index (χ0n) is 19.5. The Bertz CT molecular complexity index is 740. The molecule has 0 bridgehead atoms. The van der Waals surface area contributed by atoms with Crippen molar-refractivity contribution in [1.29, 1.82) is 0 Å². The van der Waals surface area contributed by atoms with Crippen LogP contribution in [0.4, 0.5) is 4.79 Å². The molecule has 3 aliphatic rings. The number of rotatable bonds is 8. The van der Waals surface area contributed by atoms with Crippen LogP contribution in [0.5, 0.6) is 0 Å². The van der Waals surface area contributed by atoms with Crippen LogP contribution in [0.3, 0.4) is 0 Å². The van der Waals surface area contributed by atoms with Gasteiger partial charge < -0.3 is 20.4 Å². The van der Waals surface area contributed by atoms with Crippen molar-refractivity contribution in [1.82, 2.24) is 25.3 Å². The van der Waals surface area contributed by atoms with Gasteiger partial charge in [0.2, 0.25) is 11.8 Å². The molecule has 1 aliphatic carbocycles. The van der Waals surface area contributed by atoms with E-state index in [9.17, 15) is 19.2 Å². The van der Waals surface area contributed by atoms with E-state index in [4.69, 9.17) is 0 Å². The van der Waals surface area contributed by atoms with Gasteiger partial charge >= 0.3 is 6.03 Å². The molecule has 3 rings (SSSR count). The first-order chi connectivity index (χ1) is 14.4. The first-order valence-corrected chi connectivity index (χ1v) is 11.3. The van der Waals surface area contributed by atoms with Gasteiger partial charge in [-0.25, -0.2) is 4.79 Å². The molecule has 0 aromatic heterocycles. The first-order valence-electron chi connectivity index (χ1n) is 11.3. The Morgan fingerprint density at radius 1 is 1.16 bits per heavy atom. The molecule has 1 unspecified atom stereocenters. The zero-order valence-corrected chi connectivity index (χ0v) is 19.5. The predicted octanol–water partition coefficient (Wildman–Crippen LogP) is 0.650. The lowest BCUT2D eigenvalue weighted by atomic mass is 9.91. The first kappa shape index (κ1) is 23.5. The van der Waals surface area contributed by atoms with Crippen LogP contribution >= 0.6 is 0 Å². The smallest absolute Gasteiger partial charge is 0.325 e. The van der Waals surface area contributed by atoms with Crippen LogP contribution < -0.4 is 10.6 Å². The number of nitrogens with zero attached hydrogens (tertiary/aromatic N) is 3. The summed E-state index contributed by atoms with van der Waals surface area (Å²) in [7, 11) is 4.03. The Balaban J connectivity index is 1.45. The highest BCUT2D eigenvalue weighted by molar-refractivity contribution is 6.09. The van der Waals surface area contributed by atoms with Gasteiger partial charge in [0.25, 0.3) is 5.91 Å². The topological polar surface area (TPSA) is 102 Å². The molecular formula is C22H37N5O4. The second kappa shape index (κ2) is 8.76. The number of nitrogens with one attached hydrogen (secondary N) is 2. The van der Waals surface area contributed by atoms with Crippen LogP contribution in [0.25, 0.3) is 0 Å². The standard InChI is InChI=1S/C22H37N5O4/c1-21(2,14-25(4)5)13-23-18(29)15-8-10-26(11-9-15)17(28)12-27-19(30)22(3,16-6-7-16)24-20(27)31/h15-16H,6-14H2,1-5H3,(H,23,29)(H,24,31). The van der Waals surface area contributed by atoms with Gasteiger partial charge in [-0.15, -0.1) is 0 Å². The molecule has 2 aliphatic heterocycles. The summed E-state index contributed by atoms with van der Waals surface area (Å²) in [5, 5.41) is 5.83. The molecule has 0 radical (unpaired) electrons. The molecule has 1 saturated carbocycles. The third-order valence-corrected chi connectivity index (χ3v) is 6.69. The highest BCUT2D eigenvalue weighted by Gasteiger charge is 2.56. The van der Waals surface area contributed by atoms with Crippen molar-refractivity contribution in [2.24, 2.45) is 17.3 Å². The number of hydrogen-bond donors (Lipinski definition) is 2. The van der Waals surface area contributed by atoms with Gasteiger partial charge in [0.1, 0.15) is 12.1 Å². The summed E-state index contributed by atoms with van der Waals surface area (Å²) in [5.41, 5.74) is -0.892. The number of imide groups is 1. The molecule has 31 heavy (non-hydrogen) atoms. The summed E-state index contributed by atoms with van der Waals surface area (Å²) in [5.74, 6) is -0.458. The molecule has 0 aromatic rings. The summed E-state index contributed by atoms with van der Waals surface area (Å²) < 4.78 is 0. The average Bonchev–Trinajstić information content (AvgIpc) is 3.51. The fourth-order valence-electron chi connectivity index (χ4n) is 4.81. The van der Waals surface area contributed by atoms with Crippen LogP contribution in [-0.2, 0) is 14.4 Å². The van der Waals surface area contributed by atoms with E-state index >= 15 is 0 Å². The minimum atomic E-state index is -0.872. The lowest BCUT2D eigenvalue weighted by molar-refractivity contribution is -0.140. The molecule has 1 atom stereocenters. The van der Waals surface area contributed by atoms with Gasteiger partial charge in [-0.3, -0.25) is 19.3 Å². The van der Waals surface area contributed by atoms with Gasteiger partial charge in [0, 0.05) is 32.1 Å². The van der Waals surface area contributed by atoms with E-state index in [1.165, 1.54) is 0 Å². The third-order valence-electron chi connectivity index (χ3n) is 6.69. The van der Waals surface area contributed by atoms with E-state index in [1.807, 2.05) is 14.1 Å². The van der Waals surface area contributed by atoms with Crippen LogP contribution in [0.2, 0.25) is 0 Å². The van der Waals surface area contributed by atoms with Gasteiger partial charge in [-0.2, -0.15) is 0 Å². The molecule has 3 fully saturated rings. The van der Waals surface area contributed by atoms with Gasteiger partial charge in [-0.1, -0.05) is 13.8 Å². The van der Waals surface area contributed by atoms with Gasteiger partial charge in [-0.05, 0) is 58.0 Å². The lowest BCUT2D eigenvalue weighted by Gasteiger charge is -2.33. The maximum Gasteiger partial charge on any atom is 0.325 e. The molecule has 0 aromatic carbocycles. The molecule has 2 heterocycles. The van der Waals surface area contributed by atoms with Crippen molar-refractivity contribution in [2.45, 2.75) is 52.0 Å². The lowest BCUT2D eigenvalue weighted by Crippen LogP contribution is -2.49. The highest BCUT2D eigenvalue weighted by Crippen LogP contribution is 2.42. The number of piperidine rings is 1. The van der Waals surface area contributed by atoms with Crippen molar-refractivity contribution in [2.75, 3.05) is 46.8 Å². The Labute approximate surface area is 184 Å². The van der Waals surface area contributed by atoms with Gasteiger partial charge in [0.15, 0.2) is 0 Å². The van der Waals surface area contributed by atoms with E-state index < -0.39 is 11.6 Å². The number of carbonyl (C=O) groups is 4. The number of likely N-dealkylation sites (tertiary alicyclic amines) is 1. The van der Waals surface area contributed by atoms with Crippen molar-refractivity contribution in [3.8, 4) is 0 Å². The van der Waals surface area contributed by atoms with Crippen molar-refractivity contribution < 1.29 is 19.2 Å². The number of carbonyl (C=O) groups excluding carboxylic acids is 4. The third kappa shape index (κ3) is 5.37. The number of hydrogen-bond acceptors (Lipinski definition) is 5. The highest BCUT2D eigenvalue weighted by atomic mass is 16.2. The predicted molar refractivity (Wildman–Crippen MR) is 116 cm³/mol. The summed E-state index contributed by atoms with van der Waals surface area (Å²) in [4.78, 5) is 55.1. The van der Waals surface area contributed by atoms with Crippen molar-refractivity contribution in [3.05, 3.63) is 0 Å². The van der Waals surface area contributed by atoms with E-state index in [-0.39, 0.29) is 41.5 Å². The normalized spacial score (nSPS) is 25.2. The van der Waals surface area contributed by atoms with Crippen LogP contribution in [0.15, 0.2) is 0 Å². The number of amides is 5. The summed E-state index contributed by atoms with van der Waals surface area (Å²) in [6, 6.07) is -0.484. The molecular weight excluding hydrogens is 398 g/mol. The van der Waals surface area contributed by atoms with E-state index in [1.54, 1.807) is 11.8 Å². The zero-order chi connectivity index (χ0) is 23.0. The largest absolute Gasteiger partial charge is 0.355 e. The maximum absolute atomic E-state index is 12.7. The fourth-order valence-corrected chi connectivity index (χ4v) is 4.81. The van der Waals surface area contributed by atoms with Crippen LogP contribution in [-0.4, -0.2) is 90.8 Å². The number of urea groups is 1. The SMILES string of the molecule is CN(C)CC(C)(C)CNC(=O)C1CCN(C(=O)CN2C(=O)NC(C)(C3CC3)C2=O)CC1. The summed E-state index contributed by atoms with van der Waals surface area (Å²) in [6.07, 6.45) is 3.02. The van der Waals surface area contributed by atoms with Crippen molar-refractivity contribution in [3.63, 3.8) is 0 Å². The van der Waals surface area contributed by atoms with E-state index in [0.717, 1.165) is 24.3 Å². The molecule has 9 heteroatoms. The minimum absolute atomic E-state index is 0.0202. The van der Waals surface area contributed by atoms with Gasteiger partial charge in [0.05, 0.1) is 0 Å². The molecule has 174 valence electrons. The van der Waals surface area contributed by atoms with Crippen LogP contribution in [0.1, 0.15) is 46.5 Å². The van der Waals surface area contributed by atoms with E-state index in [0.29, 0.717) is 32.5 Å². The second-order valence-electron chi connectivity index (χ2n) is 10.6. The Morgan fingerprint density at radius 2 is 1.77 bits per heavy atom. The van der Waals surface area contributed by atoms with E-state index in [2.05, 4.69) is 29.4 Å². The Kier molecular flexibility index (Phi) is 6.64. The molecule has 2 N–H and O–H groups in total. The van der Waals surface area contributed by atoms with Crippen LogP contribution in [0, 0.1) is 17.3 Å². The monoisotopic (exact) mass is 435 g/mol. The maximum atomic E-state index is 12.7. The minimum Gasteiger partial charge on any atom is -0.355 e. The summed E-state index contributed by atoms with van der Waals surface area (Å²) in [6.45, 7) is 8.17. The molecule has 9 nitrogen and oxygen atoms in total. The molecule has 2 saturated heterocycles. The van der Waals surface area contributed by atoms with Crippen molar-refractivity contribution >= 4 is 23.8 Å². The molecule has 5 amide bonds. The average molecular weight is 436 g/mol. The Hall–Kier alpha value is -2.16. The second-order valence-corrected chi connectivity index (χ2v) is 10.6.